The fourth-order valence-electron chi connectivity index (χ4n) is 4.46. The number of aromatic nitrogens is 5. The fourth-order valence-corrected chi connectivity index (χ4v) is 4.46. The van der Waals surface area contributed by atoms with E-state index in [0.29, 0.717) is 41.1 Å². The van der Waals surface area contributed by atoms with Crippen LogP contribution >= 0.6 is 0 Å². The minimum Gasteiger partial charge on any atom is -0.466 e. The number of benzene rings is 1. The standard InChI is InChI=1S/C24H20N6O3/c1-13-8-18(15(3)32-13)20-9-19(22-14(2)27-33-23(22)26-20)24(31)29-12-17-10-25-28-30(17)11-16-6-4-5-7-21(16)29/h4-10H,11-12H2,1-3H3. The maximum Gasteiger partial charge on any atom is 0.259 e. The first-order valence-electron chi connectivity index (χ1n) is 10.6. The van der Waals surface area contributed by atoms with Gasteiger partial charge in [0.15, 0.2) is 0 Å². The molecule has 0 saturated carbocycles. The second kappa shape index (κ2) is 7.13. The Labute approximate surface area is 188 Å². The molecule has 0 spiro atoms. The van der Waals surface area contributed by atoms with Gasteiger partial charge in [0.05, 0.1) is 47.3 Å². The Morgan fingerprint density at radius 2 is 1.94 bits per heavy atom. The van der Waals surface area contributed by atoms with E-state index >= 15 is 0 Å². The van der Waals surface area contributed by atoms with Gasteiger partial charge < -0.3 is 13.8 Å². The average molecular weight is 440 g/mol. The quantitative estimate of drug-likeness (QED) is 0.405. The maximum atomic E-state index is 14.1. The Balaban J connectivity index is 1.55. The number of amides is 1. The van der Waals surface area contributed by atoms with Gasteiger partial charge in [0.25, 0.3) is 11.6 Å². The third-order valence-electron chi connectivity index (χ3n) is 6.03. The molecule has 4 aromatic heterocycles. The number of hydrogen-bond donors (Lipinski definition) is 0. The van der Waals surface area contributed by atoms with Crippen molar-refractivity contribution in [3.63, 3.8) is 0 Å². The van der Waals surface area contributed by atoms with Crippen molar-refractivity contribution in [3.8, 4) is 11.3 Å². The van der Waals surface area contributed by atoms with Crippen molar-refractivity contribution >= 4 is 22.7 Å². The first-order chi connectivity index (χ1) is 16.0. The van der Waals surface area contributed by atoms with E-state index in [0.717, 1.165) is 34.0 Å². The minimum atomic E-state index is -0.171. The minimum absolute atomic E-state index is 0.171. The normalized spacial score (nSPS) is 13.1. The Hall–Kier alpha value is -4.27. The van der Waals surface area contributed by atoms with Gasteiger partial charge in [-0.1, -0.05) is 28.6 Å². The third-order valence-corrected chi connectivity index (χ3v) is 6.03. The Morgan fingerprint density at radius 1 is 1.09 bits per heavy atom. The Bertz CT molecular complexity index is 1540. The van der Waals surface area contributed by atoms with Crippen LogP contribution in [0.4, 0.5) is 5.69 Å². The number of fused-ring (bicyclic) bond motifs is 3. The van der Waals surface area contributed by atoms with Crippen molar-refractivity contribution in [1.29, 1.82) is 0 Å². The van der Waals surface area contributed by atoms with E-state index in [1.165, 1.54) is 0 Å². The summed E-state index contributed by atoms with van der Waals surface area (Å²) in [5.41, 5.74) is 5.51. The summed E-state index contributed by atoms with van der Waals surface area (Å²) in [5.74, 6) is 1.33. The highest BCUT2D eigenvalue weighted by atomic mass is 16.5. The molecule has 0 N–H and O–H groups in total. The van der Waals surface area contributed by atoms with E-state index in [2.05, 4.69) is 20.5 Å². The highest BCUT2D eigenvalue weighted by Crippen LogP contribution is 2.34. The summed E-state index contributed by atoms with van der Waals surface area (Å²) in [6.45, 7) is 6.46. The molecule has 0 atom stereocenters. The SMILES string of the molecule is Cc1cc(-c2cc(C(=O)N3Cc4cnnn4Cc4ccccc43)c3c(C)noc3n2)c(C)o1. The molecule has 1 aromatic carbocycles. The summed E-state index contributed by atoms with van der Waals surface area (Å²) < 4.78 is 13.0. The van der Waals surface area contributed by atoms with Crippen LogP contribution in [-0.2, 0) is 13.1 Å². The number of aryl methyl sites for hydroxylation is 3. The molecule has 9 nitrogen and oxygen atoms in total. The molecule has 0 radical (unpaired) electrons. The van der Waals surface area contributed by atoms with Crippen LogP contribution in [0.5, 0.6) is 0 Å². The monoisotopic (exact) mass is 440 g/mol. The average Bonchev–Trinajstić information content (AvgIpc) is 3.48. The zero-order valence-corrected chi connectivity index (χ0v) is 18.4. The van der Waals surface area contributed by atoms with Crippen molar-refractivity contribution in [2.75, 3.05) is 4.90 Å². The van der Waals surface area contributed by atoms with E-state index in [9.17, 15) is 4.79 Å². The lowest BCUT2D eigenvalue weighted by Gasteiger charge is -2.23. The molecule has 1 aliphatic heterocycles. The first kappa shape index (κ1) is 19.4. The van der Waals surface area contributed by atoms with E-state index in [1.54, 1.807) is 17.2 Å². The predicted octanol–water partition coefficient (Wildman–Crippen LogP) is 4.21. The molecule has 1 amide bonds. The summed E-state index contributed by atoms with van der Waals surface area (Å²) in [5, 5.41) is 12.9. The first-order valence-corrected chi connectivity index (χ1v) is 10.6. The summed E-state index contributed by atoms with van der Waals surface area (Å²) in [6.07, 6.45) is 1.70. The number of para-hydroxylation sites is 1. The van der Waals surface area contributed by atoms with Crippen molar-refractivity contribution in [2.45, 2.75) is 33.9 Å². The van der Waals surface area contributed by atoms with Gasteiger partial charge >= 0.3 is 0 Å². The molecule has 164 valence electrons. The molecule has 9 heteroatoms. The molecular formula is C24H20N6O3. The Kier molecular flexibility index (Phi) is 4.19. The molecule has 0 aliphatic carbocycles. The van der Waals surface area contributed by atoms with Crippen LogP contribution in [0.3, 0.4) is 0 Å². The van der Waals surface area contributed by atoms with E-state index in [1.807, 2.05) is 55.8 Å². The lowest BCUT2D eigenvalue weighted by molar-refractivity contribution is 0.0986. The van der Waals surface area contributed by atoms with Crippen molar-refractivity contribution in [3.05, 3.63) is 76.6 Å². The number of rotatable bonds is 2. The largest absolute Gasteiger partial charge is 0.466 e. The lowest BCUT2D eigenvalue weighted by atomic mass is 10.0. The number of anilines is 1. The van der Waals surface area contributed by atoms with Crippen molar-refractivity contribution in [2.24, 2.45) is 0 Å². The van der Waals surface area contributed by atoms with Gasteiger partial charge in [-0.05, 0) is 44.5 Å². The molecule has 0 unspecified atom stereocenters. The lowest BCUT2D eigenvalue weighted by Crippen LogP contribution is -2.31. The number of carbonyl (C=O) groups excluding carboxylic acids is 1. The van der Waals surface area contributed by atoms with Gasteiger partial charge in [-0.3, -0.25) is 4.79 Å². The molecule has 0 saturated heterocycles. The van der Waals surface area contributed by atoms with Crippen molar-refractivity contribution < 1.29 is 13.7 Å². The second-order valence-corrected chi connectivity index (χ2v) is 8.23. The number of pyridine rings is 1. The highest BCUT2D eigenvalue weighted by molar-refractivity contribution is 6.14. The van der Waals surface area contributed by atoms with Crippen LogP contribution in [0.25, 0.3) is 22.4 Å². The summed E-state index contributed by atoms with van der Waals surface area (Å²) >= 11 is 0. The predicted molar refractivity (Wildman–Crippen MR) is 120 cm³/mol. The van der Waals surface area contributed by atoms with Crippen LogP contribution in [0.1, 0.15) is 38.8 Å². The zero-order valence-electron chi connectivity index (χ0n) is 18.4. The molecular weight excluding hydrogens is 420 g/mol. The number of furan rings is 1. The van der Waals surface area contributed by atoms with Crippen LogP contribution < -0.4 is 4.90 Å². The Morgan fingerprint density at radius 3 is 2.76 bits per heavy atom. The van der Waals surface area contributed by atoms with Gasteiger partial charge in [0, 0.05) is 11.3 Å². The van der Waals surface area contributed by atoms with Crippen LogP contribution in [0, 0.1) is 20.8 Å². The van der Waals surface area contributed by atoms with E-state index < -0.39 is 0 Å². The number of nitrogens with zero attached hydrogens (tertiary/aromatic N) is 6. The second-order valence-electron chi connectivity index (χ2n) is 8.23. The molecule has 6 rings (SSSR count). The molecule has 0 fully saturated rings. The summed E-state index contributed by atoms with van der Waals surface area (Å²) in [6, 6.07) is 11.6. The summed E-state index contributed by atoms with van der Waals surface area (Å²) in [7, 11) is 0. The summed E-state index contributed by atoms with van der Waals surface area (Å²) in [4.78, 5) is 20.5. The molecule has 5 heterocycles. The van der Waals surface area contributed by atoms with Gasteiger partial charge in [0.1, 0.15) is 11.5 Å². The van der Waals surface area contributed by atoms with Gasteiger partial charge in [-0.15, -0.1) is 5.10 Å². The molecule has 0 bridgehead atoms. The van der Waals surface area contributed by atoms with Gasteiger partial charge in [0.2, 0.25) is 0 Å². The zero-order chi connectivity index (χ0) is 22.7. The molecule has 33 heavy (non-hydrogen) atoms. The number of carbonyl (C=O) groups is 1. The third kappa shape index (κ3) is 3.04. The smallest absolute Gasteiger partial charge is 0.259 e. The fraction of sp³-hybridized carbons (Fsp3) is 0.208. The van der Waals surface area contributed by atoms with Crippen molar-refractivity contribution in [1.82, 2.24) is 25.1 Å². The van der Waals surface area contributed by atoms with Crippen LogP contribution in [-0.4, -0.2) is 31.0 Å². The van der Waals surface area contributed by atoms with Gasteiger partial charge in [-0.25, -0.2) is 9.67 Å². The molecule has 1 aliphatic rings. The topological polar surface area (TPSA) is 103 Å². The van der Waals surface area contributed by atoms with Crippen LogP contribution in [0.15, 0.2) is 51.5 Å². The van der Waals surface area contributed by atoms with E-state index in [4.69, 9.17) is 8.94 Å². The molecule has 5 aromatic rings. The van der Waals surface area contributed by atoms with Gasteiger partial charge in [-0.2, -0.15) is 0 Å². The highest BCUT2D eigenvalue weighted by Gasteiger charge is 2.29. The van der Waals surface area contributed by atoms with E-state index in [-0.39, 0.29) is 5.91 Å². The number of hydrogen-bond acceptors (Lipinski definition) is 7. The maximum absolute atomic E-state index is 14.1. The van der Waals surface area contributed by atoms with Crippen LogP contribution in [0.2, 0.25) is 0 Å².